The van der Waals surface area contributed by atoms with Gasteiger partial charge in [0.1, 0.15) is 12.8 Å². The van der Waals surface area contributed by atoms with Crippen LogP contribution in [0.1, 0.15) is 59.6 Å². The molecular weight excluding hydrogens is 457 g/mol. The van der Waals surface area contributed by atoms with Gasteiger partial charge in [-0.3, -0.25) is 9.36 Å². The summed E-state index contributed by atoms with van der Waals surface area (Å²) < 4.78 is 34.0. The fraction of sp³-hybridized carbons (Fsp3) is 0.652. The average Bonchev–Trinajstić information content (AvgIpc) is 3.31. The lowest BCUT2D eigenvalue weighted by atomic mass is 9.99. The van der Waals surface area contributed by atoms with Gasteiger partial charge in [-0.05, 0) is 24.6 Å². The molecule has 2 aromatic rings. The molecule has 0 unspecified atom stereocenters. The third-order valence-electron chi connectivity index (χ3n) is 6.68. The van der Waals surface area contributed by atoms with Crippen molar-refractivity contribution < 1.29 is 23.1 Å². The molecule has 1 aliphatic heterocycles. The van der Waals surface area contributed by atoms with Gasteiger partial charge >= 0.3 is 12.0 Å². The molecule has 0 aliphatic carbocycles. The maximum atomic E-state index is 13.9. The number of rotatable bonds is 8. The second-order valence-electron chi connectivity index (χ2n) is 10.2. The lowest BCUT2D eigenvalue weighted by molar-refractivity contribution is -0.156. The maximum Gasteiger partial charge on any atom is 0.312 e. The van der Waals surface area contributed by atoms with E-state index in [1.807, 2.05) is 6.92 Å². The molecule has 0 bridgehead atoms. The Morgan fingerprint density at radius 3 is 2.76 bits per heavy atom. The van der Waals surface area contributed by atoms with Gasteiger partial charge < -0.3 is 19.6 Å². The summed E-state index contributed by atoms with van der Waals surface area (Å²) in [5.41, 5.74) is 4.94. The quantitative estimate of drug-likeness (QED) is 0.255. The molecule has 0 spiro atoms. The molecule has 11 heteroatoms. The van der Waals surface area contributed by atoms with Gasteiger partial charge in [-0.15, -0.1) is 6.42 Å². The van der Waals surface area contributed by atoms with Crippen molar-refractivity contribution in [3.8, 4) is 12.3 Å². The van der Waals surface area contributed by atoms with Gasteiger partial charge in [0.2, 0.25) is 0 Å². The number of fused-ring (bicyclic) bond motifs is 1. The van der Waals surface area contributed by atoms with Crippen LogP contribution in [0.3, 0.4) is 0 Å². The number of carbonyl (C=O) groups excluding carboxylic acids is 1. The molecule has 3 heterocycles. The zero-order chi connectivity index (χ0) is 25.3. The van der Waals surface area contributed by atoms with E-state index in [9.17, 15) is 9.18 Å². The van der Waals surface area contributed by atoms with Crippen molar-refractivity contribution >= 4 is 31.3 Å². The van der Waals surface area contributed by atoms with Gasteiger partial charge in [0.05, 0.1) is 12.4 Å². The Morgan fingerprint density at radius 2 is 2.15 bits per heavy atom. The highest BCUT2D eigenvalue weighted by atomic mass is 28.4. The number of nitrogen functional groups attached to an aromatic ring is 1. The first-order valence-electron chi connectivity index (χ1n) is 11.5. The minimum Gasteiger partial charge on any atom is -0.461 e. The summed E-state index contributed by atoms with van der Waals surface area (Å²) in [4.78, 5) is 23.9. The monoisotopic (exact) mass is 491 g/mol. The van der Waals surface area contributed by atoms with Gasteiger partial charge in [0, 0.05) is 12.8 Å². The number of nitrogens with two attached hydrogens (primary N) is 1. The molecule has 9 nitrogen and oxygen atoms in total. The molecule has 3 rings (SSSR count). The second kappa shape index (κ2) is 9.60. The van der Waals surface area contributed by atoms with E-state index in [1.165, 1.54) is 6.33 Å². The van der Waals surface area contributed by atoms with Crippen LogP contribution in [0.5, 0.6) is 0 Å². The topological polar surface area (TPSA) is 114 Å². The zero-order valence-corrected chi connectivity index (χ0v) is 21.7. The molecule has 0 aromatic carbocycles. The number of ether oxygens (including phenoxy) is 2. The fourth-order valence-electron chi connectivity index (χ4n) is 3.58. The highest BCUT2D eigenvalue weighted by Crippen LogP contribution is 2.45. The van der Waals surface area contributed by atoms with Crippen molar-refractivity contribution in [2.75, 3.05) is 12.3 Å². The SMILES string of the molecule is C#C[C@]1(COC(=O)CCCC)O[C@@H](n2cnc3c(N)nc(F)nc32)C[C@@H]1O[Si](C)(C)C(C)(C)C. The Bertz CT molecular complexity index is 1090. The molecule has 34 heavy (non-hydrogen) atoms. The number of hydrogen-bond acceptors (Lipinski definition) is 8. The molecular formula is C23H34FN5O4Si. The van der Waals surface area contributed by atoms with Crippen LogP contribution in [0.15, 0.2) is 6.33 Å². The Kier molecular flexibility index (Phi) is 7.36. The van der Waals surface area contributed by atoms with E-state index >= 15 is 0 Å². The Hall–Kier alpha value is -2.55. The Morgan fingerprint density at radius 1 is 1.44 bits per heavy atom. The number of anilines is 1. The lowest BCUT2D eigenvalue weighted by Gasteiger charge is -2.41. The number of halogens is 1. The Labute approximate surface area is 200 Å². The zero-order valence-electron chi connectivity index (χ0n) is 20.7. The lowest BCUT2D eigenvalue weighted by Crippen LogP contribution is -2.52. The van der Waals surface area contributed by atoms with Crippen molar-refractivity contribution in [3.63, 3.8) is 0 Å². The highest BCUT2D eigenvalue weighted by Gasteiger charge is 2.54. The fourth-order valence-corrected chi connectivity index (χ4v) is 4.94. The van der Waals surface area contributed by atoms with Crippen LogP contribution in [-0.2, 0) is 18.7 Å². The molecule has 0 saturated carbocycles. The van der Waals surface area contributed by atoms with E-state index in [1.54, 1.807) is 4.57 Å². The van der Waals surface area contributed by atoms with E-state index in [2.05, 4.69) is 54.7 Å². The first-order valence-corrected chi connectivity index (χ1v) is 14.4. The summed E-state index contributed by atoms with van der Waals surface area (Å²) in [6, 6.07) is 0. The third-order valence-corrected chi connectivity index (χ3v) is 11.2. The number of hydrogen-bond donors (Lipinski definition) is 1. The third kappa shape index (κ3) is 5.09. The van der Waals surface area contributed by atoms with Crippen molar-refractivity contribution in [1.29, 1.82) is 0 Å². The normalized spacial score (nSPS) is 23.2. The average molecular weight is 492 g/mol. The predicted molar refractivity (Wildman–Crippen MR) is 129 cm³/mol. The standard InChI is InChI=1S/C23H34FN5O4Si/c1-8-10-11-17(30)31-13-23(9-2)15(33-34(6,7)22(3,4)5)12-16(32-23)29-14-26-18-19(25)27-21(24)28-20(18)29/h2,14-16H,8,10-13H2,1,3-7H3,(H2,25,27,28)/t15-,16+,23+/m0/s1. The number of carbonyl (C=O) groups is 1. The van der Waals surface area contributed by atoms with Crippen LogP contribution in [0.25, 0.3) is 11.2 Å². The second-order valence-corrected chi connectivity index (χ2v) is 14.9. The molecule has 2 aromatic heterocycles. The Balaban J connectivity index is 1.96. The molecule has 1 saturated heterocycles. The molecule has 1 aliphatic rings. The van der Waals surface area contributed by atoms with Crippen molar-refractivity contribution in [1.82, 2.24) is 19.5 Å². The summed E-state index contributed by atoms with van der Waals surface area (Å²) >= 11 is 0. The molecule has 186 valence electrons. The van der Waals surface area contributed by atoms with Crippen LogP contribution >= 0.6 is 0 Å². The summed E-state index contributed by atoms with van der Waals surface area (Å²) in [5.74, 6) is 2.30. The number of terminal acetylenes is 1. The molecule has 3 atom stereocenters. The van der Waals surface area contributed by atoms with Crippen molar-refractivity contribution in [2.45, 2.75) is 89.4 Å². The number of unbranched alkanes of at least 4 members (excludes halogenated alkanes) is 1. The van der Waals surface area contributed by atoms with E-state index in [-0.39, 0.29) is 34.6 Å². The summed E-state index contributed by atoms with van der Waals surface area (Å²) in [5, 5.41) is -0.0876. The summed E-state index contributed by atoms with van der Waals surface area (Å²) in [7, 11) is -2.28. The van der Waals surface area contributed by atoms with E-state index in [4.69, 9.17) is 26.1 Å². The minimum atomic E-state index is -2.28. The first-order chi connectivity index (χ1) is 15.8. The number of imidazole rings is 1. The maximum absolute atomic E-state index is 13.9. The van der Waals surface area contributed by atoms with Crippen LogP contribution in [-0.4, -0.2) is 52.1 Å². The molecule has 0 radical (unpaired) electrons. The largest absolute Gasteiger partial charge is 0.461 e. The van der Waals surface area contributed by atoms with Gasteiger partial charge in [-0.25, -0.2) is 4.98 Å². The molecule has 2 N–H and O–H groups in total. The first kappa shape index (κ1) is 26.1. The van der Waals surface area contributed by atoms with Gasteiger partial charge in [0.25, 0.3) is 0 Å². The smallest absolute Gasteiger partial charge is 0.312 e. The molecule has 1 fully saturated rings. The number of nitrogens with zero attached hydrogens (tertiary/aromatic N) is 4. The highest BCUT2D eigenvalue weighted by molar-refractivity contribution is 6.74. The summed E-state index contributed by atoms with van der Waals surface area (Å²) in [6.07, 6.45) is 7.47. The van der Waals surface area contributed by atoms with Crippen molar-refractivity contribution in [2.24, 2.45) is 0 Å². The van der Waals surface area contributed by atoms with Crippen LogP contribution in [0, 0.1) is 18.4 Å². The molecule has 0 amide bonds. The van der Waals surface area contributed by atoms with Crippen LogP contribution < -0.4 is 5.73 Å². The minimum absolute atomic E-state index is 0.0682. The predicted octanol–water partition coefficient (Wildman–Crippen LogP) is 3.96. The number of aromatic nitrogens is 4. The number of esters is 1. The van der Waals surface area contributed by atoms with Gasteiger partial charge in [-0.2, -0.15) is 14.4 Å². The van der Waals surface area contributed by atoms with E-state index < -0.39 is 32.3 Å². The van der Waals surface area contributed by atoms with E-state index in [0.717, 1.165) is 12.8 Å². The van der Waals surface area contributed by atoms with Crippen LogP contribution in [0.2, 0.25) is 18.1 Å². The van der Waals surface area contributed by atoms with Crippen molar-refractivity contribution in [3.05, 3.63) is 12.4 Å². The van der Waals surface area contributed by atoms with Gasteiger partial charge in [-0.1, -0.05) is 40.0 Å². The summed E-state index contributed by atoms with van der Waals surface area (Å²) in [6.45, 7) is 12.5. The van der Waals surface area contributed by atoms with Gasteiger partial charge in [0.15, 0.2) is 30.9 Å². The van der Waals surface area contributed by atoms with Crippen LogP contribution in [0.4, 0.5) is 10.2 Å². The van der Waals surface area contributed by atoms with E-state index in [0.29, 0.717) is 12.8 Å².